The Bertz CT molecular complexity index is 999. The lowest BCUT2D eigenvalue weighted by atomic mass is 10.1. The van der Waals surface area contributed by atoms with Gasteiger partial charge in [0.05, 0.1) is 6.61 Å². The van der Waals surface area contributed by atoms with E-state index in [1.807, 2.05) is 0 Å². The molecule has 52 heavy (non-hydrogen) atoms. The van der Waals surface area contributed by atoms with Crippen molar-refractivity contribution in [1.82, 2.24) is 0 Å². The summed E-state index contributed by atoms with van der Waals surface area (Å²) in [5, 5.41) is 9.57. The van der Waals surface area contributed by atoms with Crippen LogP contribution in [-0.2, 0) is 19.1 Å². The maximum atomic E-state index is 12.2. The fraction of sp³-hybridized carbons (Fsp3) is 0.660. The highest BCUT2D eigenvalue weighted by atomic mass is 16.6. The van der Waals surface area contributed by atoms with Gasteiger partial charge in [-0.05, 0) is 89.9 Å². The molecular formula is C47H78O5. The summed E-state index contributed by atoms with van der Waals surface area (Å²) in [6, 6.07) is 0. The van der Waals surface area contributed by atoms with E-state index in [-0.39, 0.29) is 25.2 Å². The van der Waals surface area contributed by atoms with Crippen LogP contribution in [0.1, 0.15) is 181 Å². The second-order valence-corrected chi connectivity index (χ2v) is 13.7. The van der Waals surface area contributed by atoms with Gasteiger partial charge in [0.1, 0.15) is 6.61 Å². The molecule has 0 spiro atoms. The van der Waals surface area contributed by atoms with Gasteiger partial charge >= 0.3 is 11.9 Å². The number of unbranched alkanes of at least 4 members (excludes halogenated alkanes) is 15. The summed E-state index contributed by atoms with van der Waals surface area (Å²) in [7, 11) is 0. The standard InChI is InChI=1S/C47H78O5/c1-3-5-7-9-11-13-15-17-19-21-23-25-27-29-31-33-35-37-39-41-46(49)51-44-45(43-48)52-47(50)42-40-38-36-34-32-30-28-26-24-22-20-18-16-14-12-10-8-6-4-2/h6,8,11-14,17-20,24,26,30,32,45,48H,3-5,7,9-10,15-16,21-23,25,27-29,31,33-44H2,1-2H3/b8-6+,13-11+,14-12+,19-17+,20-18+,26-24+,32-30+/t45-/m0/s1. The van der Waals surface area contributed by atoms with Crippen LogP contribution in [0.5, 0.6) is 0 Å². The largest absolute Gasteiger partial charge is 0.462 e. The molecule has 0 radical (unpaired) electrons. The second kappa shape index (κ2) is 42.5. The number of ether oxygens (including phenoxy) is 2. The number of aliphatic hydroxyl groups excluding tert-OH is 1. The zero-order valence-corrected chi connectivity index (χ0v) is 33.5. The number of aliphatic hydroxyl groups is 1. The van der Waals surface area contributed by atoms with Gasteiger partial charge in [0, 0.05) is 12.8 Å². The summed E-state index contributed by atoms with van der Waals surface area (Å²) in [6.45, 7) is 3.96. The molecule has 0 aliphatic heterocycles. The summed E-state index contributed by atoms with van der Waals surface area (Å²) in [5.41, 5.74) is 0. The van der Waals surface area contributed by atoms with E-state index in [0.29, 0.717) is 12.8 Å². The third-order valence-electron chi connectivity index (χ3n) is 8.67. The number of carbonyl (C=O) groups excluding carboxylic acids is 2. The van der Waals surface area contributed by atoms with E-state index in [4.69, 9.17) is 9.47 Å². The third kappa shape index (κ3) is 39.9. The molecule has 0 saturated carbocycles. The number of allylic oxidation sites excluding steroid dienone is 14. The molecule has 0 bridgehead atoms. The van der Waals surface area contributed by atoms with Gasteiger partial charge in [-0.15, -0.1) is 0 Å². The third-order valence-corrected chi connectivity index (χ3v) is 8.67. The number of hydrogen-bond donors (Lipinski definition) is 1. The van der Waals surface area contributed by atoms with Crippen molar-refractivity contribution in [1.29, 1.82) is 0 Å². The molecule has 1 atom stereocenters. The molecule has 0 saturated heterocycles. The Morgan fingerprint density at radius 1 is 0.462 bits per heavy atom. The molecule has 296 valence electrons. The van der Waals surface area contributed by atoms with Gasteiger partial charge in [-0.25, -0.2) is 0 Å². The first kappa shape index (κ1) is 49.1. The van der Waals surface area contributed by atoms with Gasteiger partial charge in [0.2, 0.25) is 0 Å². The zero-order valence-electron chi connectivity index (χ0n) is 33.5. The average molecular weight is 723 g/mol. The highest BCUT2D eigenvalue weighted by Gasteiger charge is 2.16. The van der Waals surface area contributed by atoms with Crippen molar-refractivity contribution >= 4 is 11.9 Å². The maximum Gasteiger partial charge on any atom is 0.306 e. The van der Waals surface area contributed by atoms with Crippen LogP contribution in [0.25, 0.3) is 0 Å². The Hall–Kier alpha value is -2.92. The van der Waals surface area contributed by atoms with Crippen LogP contribution in [-0.4, -0.2) is 36.4 Å². The fourth-order valence-electron chi connectivity index (χ4n) is 5.49. The fourth-order valence-corrected chi connectivity index (χ4v) is 5.49. The van der Waals surface area contributed by atoms with Crippen LogP contribution >= 0.6 is 0 Å². The monoisotopic (exact) mass is 723 g/mol. The van der Waals surface area contributed by atoms with E-state index in [9.17, 15) is 14.7 Å². The molecular weight excluding hydrogens is 645 g/mol. The van der Waals surface area contributed by atoms with Crippen LogP contribution in [0.2, 0.25) is 0 Å². The number of hydrogen-bond acceptors (Lipinski definition) is 5. The normalized spacial score (nSPS) is 13.1. The molecule has 5 nitrogen and oxygen atoms in total. The van der Waals surface area contributed by atoms with Crippen molar-refractivity contribution in [3.05, 3.63) is 85.1 Å². The quantitative estimate of drug-likeness (QED) is 0.0393. The molecule has 0 heterocycles. The van der Waals surface area contributed by atoms with E-state index in [0.717, 1.165) is 83.5 Å². The van der Waals surface area contributed by atoms with Gasteiger partial charge in [0.15, 0.2) is 6.10 Å². The lowest BCUT2D eigenvalue weighted by Crippen LogP contribution is -2.28. The molecule has 0 amide bonds. The molecule has 0 aromatic carbocycles. The summed E-state index contributed by atoms with van der Waals surface area (Å²) < 4.78 is 10.6. The van der Waals surface area contributed by atoms with E-state index in [2.05, 4.69) is 98.9 Å². The van der Waals surface area contributed by atoms with Crippen molar-refractivity contribution in [3.63, 3.8) is 0 Å². The SMILES string of the molecule is CC/C=C/C/C=C/C/C=C/C/C=C/C/C=C/CCCCCC(=O)O[C@@H](CO)COC(=O)CCCCCCCCCCC/C=C/C/C=C/CCCCC. The first-order valence-electron chi connectivity index (χ1n) is 21.1. The minimum absolute atomic E-state index is 0.0862. The summed E-state index contributed by atoms with van der Waals surface area (Å²) in [6.07, 6.45) is 57.9. The number of carbonyl (C=O) groups is 2. The molecule has 0 rings (SSSR count). The summed E-state index contributed by atoms with van der Waals surface area (Å²) in [5.74, 6) is -0.639. The van der Waals surface area contributed by atoms with Crippen LogP contribution in [0.4, 0.5) is 0 Å². The molecule has 0 aliphatic rings. The van der Waals surface area contributed by atoms with E-state index < -0.39 is 6.10 Å². The Balaban J connectivity index is 3.64. The van der Waals surface area contributed by atoms with Crippen molar-refractivity contribution in [3.8, 4) is 0 Å². The summed E-state index contributed by atoms with van der Waals surface area (Å²) in [4.78, 5) is 24.3. The molecule has 0 aromatic heterocycles. The van der Waals surface area contributed by atoms with Crippen molar-refractivity contribution in [2.45, 2.75) is 187 Å². The number of esters is 2. The Morgan fingerprint density at radius 2 is 0.827 bits per heavy atom. The molecule has 1 N–H and O–H groups in total. The minimum Gasteiger partial charge on any atom is -0.462 e. The van der Waals surface area contributed by atoms with Crippen molar-refractivity contribution in [2.24, 2.45) is 0 Å². The maximum absolute atomic E-state index is 12.2. The van der Waals surface area contributed by atoms with Gasteiger partial charge in [0.25, 0.3) is 0 Å². The van der Waals surface area contributed by atoms with Crippen LogP contribution < -0.4 is 0 Å². The van der Waals surface area contributed by atoms with E-state index in [1.165, 1.54) is 70.6 Å². The highest BCUT2D eigenvalue weighted by Crippen LogP contribution is 2.13. The Kier molecular flexibility index (Phi) is 40.1. The van der Waals surface area contributed by atoms with Gasteiger partial charge in [-0.1, -0.05) is 163 Å². The van der Waals surface area contributed by atoms with Crippen LogP contribution in [0.15, 0.2) is 85.1 Å². The van der Waals surface area contributed by atoms with E-state index >= 15 is 0 Å². The first-order valence-corrected chi connectivity index (χ1v) is 21.1. The lowest BCUT2D eigenvalue weighted by molar-refractivity contribution is -0.161. The minimum atomic E-state index is -0.795. The van der Waals surface area contributed by atoms with Crippen molar-refractivity contribution in [2.75, 3.05) is 13.2 Å². The Morgan fingerprint density at radius 3 is 1.27 bits per heavy atom. The Labute approximate surface area is 320 Å². The average Bonchev–Trinajstić information content (AvgIpc) is 3.15. The van der Waals surface area contributed by atoms with Gasteiger partial charge in [-0.2, -0.15) is 0 Å². The van der Waals surface area contributed by atoms with Crippen LogP contribution in [0.3, 0.4) is 0 Å². The van der Waals surface area contributed by atoms with Crippen LogP contribution in [0, 0.1) is 0 Å². The topological polar surface area (TPSA) is 72.8 Å². The second-order valence-electron chi connectivity index (χ2n) is 13.7. The lowest BCUT2D eigenvalue weighted by Gasteiger charge is -2.15. The first-order chi connectivity index (χ1) is 25.6. The van der Waals surface area contributed by atoms with Gasteiger partial charge in [-0.3, -0.25) is 9.59 Å². The van der Waals surface area contributed by atoms with Gasteiger partial charge < -0.3 is 14.6 Å². The predicted molar refractivity (Wildman–Crippen MR) is 223 cm³/mol. The zero-order chi connectivity index (χ0) is 37.8. The molecule has 0 fully saturated rings. The highest BCUT2D eigenvalue weighted by molar-refractivity contribution is 5.70. The molecule has 0 unspecified atom stereocenters. The molecule has 0 aromatic rings. The number of rotatable bonds is 37. The smallest absolute Gasteiger partial charge is 0.306 e. The predicted octanol–water partition coefficient (Wildman–Crippen LogP) is 13.5. The molecule has 5 heteroatoms. The van der Waals surface area contributed by atoms with E-state index in [1.54, 1.807) is 0 Å². The summed E-state index contributed by atoms with van der Waals surface area (Å²) >= 11 is 0. The molecule has 0 aliphatic carbocycles. The van der Waals surface area contributed by atoms with Crippen molar-refractivity contribution < 1.29 is 24.2 Å².